The lowest BCUT2D eigenvalue weighted by atomic mass is 9.80. The van der Waals surface area contributed by atoms with Crippen LogP contribution in [0.5, 0.6) is 0 Å². The molecule has 102 valence electrons. The molecular weight excluding hydrogens is 222 g/mol. The van der Waals surface area contributed by atoms with Crippen LogP contribution in [0.3, 0.4) is 0 Å². The van der Waals surface area contributed by atoms with Gasteiger partial charge in [0, 0.05) is 30.9 Å². The van der Waals surface area contributed by atoms with Crippen molar-refractivity contribution >= 4 is 0 Å². The average molecular weight is 249 g/mol. The van der Waals surface area contributed by atoms with Crippen molar-refractivity contribution in [1.29, 1.82) is 0 Å². The van der Waals surface area contributed by atoms with Crippen molar-refractivity contribution in [3.8, 4) is 0 Å². The van der Waals surface area contributed by atoms with E-state index in [0.717, 1.165) is 6.54 Å². The molecule has 0 spiro atoms. The smallest absolute Gasteiger partial charge is 0.0540 e. The first-order valence-corrected chi connectivity index (χ1v) is 7.16. The second-order valence-electron chi connectivity index (χ2n) is 6.64. The molecule has 0 saturated carbocycles. The first-order chi connectivity index (χ1) is 8.42. The Bertz CT molecular complexity index is 404. The number of nitrogens with one attached hydrogen (secondary N) is 1. The zero-order chi connectivity index (χ0) is 13.3. The molecule has 2 rings (SSSR count). The molecule has 0 fully saturated rings. The number of aryl methyl sites for hydroxylation is 1. The van der Waals surface area contributed by atoms with Crippen molar-refractivity contribution < 1.29 is 0 Å². The second-order valence-corrected chi connectivity index (χ2v) is 6.64. The maximum Gasteiger partial charge on any atom is 0.0540 e. The molecule has 0 aliphatic heterocycles. The van der Waals surface area contributed by atoms with E-state index in [1.807, 2.05) is 4.68 Å². The van der Waals surface area contributed by atoms with E-state index in [9.17, 15) is 0 Å². The third-order valence-corrected chi connectivity index (χ3v) is 4.74. The van der Waals surface area contributed by atoms with Crippen molar-refractivity contribution in [2.45, 2.75) is 53.0 Å². The van der Waals surface area contributed by atoms with Gasteiger partial charge in [0.1, 0.15) is 0 Å². The fourth-order valence-corrected chi connectivity index (χ4v) is 2.51. The molecule has 0 saturated heterocycles. The largest absolute Gasteiger partial charge is 0.309 e. The van der Waals surface area contributed by atoms with E-state index >= 15 is 0 Å². The molecular formula is C15H27N3. The normalized spacial score (nSPS) is 20.2. The molecule has 1 N–H and O–H groups in total. The van der Waals surface area contributed by atoms with Gasteiger partial charge in [0.05, 0.1) is 6.20 Å². The van der Waals surface area contributed by atoms with E-state index in [0.29, 0.717) is 17.4 Å². The number of hydrogen-bond acceptors (Lipinski definition) is 2. The summed E-state index contributed by atoms with van der Waals surface area (Å²) in [5.74, 6) is 0.696. The molecule has 1 atom stereocenters. The van der Waals surface area contributed by atoms with Gasteiger partial charge in [-0.15, -0.1) is 0 Å². The Morgan fingerprint density at radius 1 is 1.50 bits per heavy atom. The lowest BCUT2D eigenvalue weighted by molar-refractivity contribution is 0.224. The van der Waals surface area contributed by atoms with Gasteiger partial charge in [-0.25, -0.2) is 0 Å². The van der Waals surface area contributed by atoms with Crippen molar-refractivity contribution in [2.75, 3.05) is 6.54 Å². The Morgan fingerprint density at radius 3 is 2.89 bits per heavy atom. The monoisotopic (exact) mass is 249 g/mol. The van der Waals surface area contributed by atoms with Crippen LogP contribution in [0.1, 0.15) is 57.8 Å². The number of fused-ring (bicyclic) bond motifs is 1. The zero-order valence-electron chi connectivity index (χ0n) is 12.5. The highest BCUT2D eigenvalue weighted by Crippen LogP contribution is 2.31. The van der Waals surface area contributed by atoms with E-state index in [1.165, 1.54) is 30.5 Å². The van der Waals surface area contributed by atoms with Gasteiger partial charge >= 0.3 is 0 Å². The Morgan fingerprint density at radius 2 is 2.22 bits per heavy atom. The van der Waals surface area contributed by atoms with Crippen LogP contribution in [0.15, 0.2) is 6.20 Å². The summed E-state index contributed by atoms with van der Waals surface area (Å²) < 4.78 is 2.04. The summed E-state index contributed by atoms with van der Waals surface area (Å²) in [4.78, 5) is 0. The lowest BCUT2D eigenvalue weighted by Gasteiger charge is -2.33. The summed E-state index contributed by atoms with van der Waals surface area (Å²) in [7, 11) is 2.05. The maximum absolute atomic E-state index is 4.40. The van der Waals surface area contributed by atoms with Crippen LogP contribution >= 0.6 is 0 Å². The number of nitrogens with zero attached hydrogens (tertiary/aromatic N) is 2. The summed E-state index contributed by atoms with van der Waals surface area (Å²) in [5, 5.41) is 8.16. The fourth-order valence-electron chi connectivity index (χ4n) is 2.51. The molecule has 18 heavy (non-hydrogen) atoms. The Labute approximate surface area is 111 Å². The van der Waals surface area contributed by atoms with Crippen LogP contribution in [-0.4, -0.2) is 16.3 Å². The van der Waals surface area contributed by atoms with E-state index < -0.39 is 0 Å². The summed E-state index contributed by atoms with van der Waals surface area (Å²) in [6.07, 6.45) is 5.74. The minimum absolute atomic E-state index is 0.347. The molecule has 3 nitrogen and oxygen atoms in total. The molecule has 3 heteroatoms. The van der Waals surface area contributed by atoms with Crippen molar-refractivity contribution in [1.82, 2.24) is 15.1 Å². The van der Waals surface area contributed by atoms with Gasteiger partial charge in [-0.1, -0.05) is 27.7 Å². The molecule has 0 aromatic carbocycles. The number of hydrogen-bond donors (Lipinski definition) is 1. The van der Waals surface area contributed by atoms with E-state index in [1.54, 1.807) is 0 Å². The van der Waals surface area contributed by atoms with Gasteiger partial charge in [0.15, 0.2) is 0 Å². The van der Waals surface area contributed by atoms with E-state index in [-0.39, 0.29) is 0 Å². The Balaban J connectivity index is 2.04. The van der Waals surface area contributed by atoms with E-state index in [4.69, 9.17) is 0 Å². The minimum atomic E-state index is 0.347. The molecule has 0 bridgehead atoms. The number of rotatable bonds is 4. The average Bonchev–Trinajstić information content (AvgIpc) is 2.69. The quantitative estimate of drug-likeness (QED) is 0.888. The molecule has 1 heterocycles. The van der Waals surface area contributed by atoms with Crippen molar-refractivity contribution in [3.05, 3.63) is 17.5 Å². The third kappa shape index (κ3) is 2.61. The summed E-state index contributed by atoms with van der Waals surface area (Å²) >= 11 is 0. The van der Waals surface area contributed by atoms with Gasteiger partial charge in [0.2, 0.25) is 0 Å². The van der Waals surface area contributed by atoms with Crippen LogP contribution < -0.4 is 5.32 Å². The second kappa shape index (κ2) is 5.04. The third-order valence-electron chi connectivity index (χ3n) is 4.74. The summed E-state index contributed by atoms with van der Waals surface area (Å²) in [6.45, 7) is 10.4. The zero-order valence-corrected chi connectivity index (χ0v) is 12.5. The first kappa shape index (κ1) is 13.6. The SMILES string of the molecule is CC(C)C(C)(C)CNC1CCCc2c1cnn2C. The molecule has 1 unspecified atom stereocenters. The van der Waals surface area contributed by atoms with Gasteiger partial charge in [-0.3, -0.25) is 4.68 Å². The number of aromatic nitrogens is 2. The van der Waals surface area contributed by atoms with E-state index in [2.05, 4.69) is 51.4 Å². The van der Waals surface area contributed by atoms with Crippen LogP contribution in [0, 0.1) is 11.3 Å². The Kier molecular flexibility index (Phi) is 3.81. The highest BCUT2D eigenvalue weighted by molar-refractivity contribution is 5.24. The van der Waals surface area contributed by atoms with Crippen molar-refractivity contribution in [2.24, 2.45) is 18.4 Å². The lowest BCUT2D eigenvalue weighted by Crippen LogP contribution is -2.36. The predicted molar refractivity (Wildman–Crippen MR) is 75.5 cm³/mol. The first-order valence-electron chi connectivity index (χ1n) is 7.16. The summed E-state index contributed by atoms with van der Waals surface area (Å²) in [5.41, 5.74) is 3.18. The van der Waals surface area contributed by atoms with Gasteiger partial charge in [-0.05, 0) is 30.6 Å². The van der Waals surface area contributed by atoms with Crippen LogP contribution in [0.4, 0.5) is 0 Å². The van der Waals surface area contributed by atoms with Crippen LogP contribution in [0.2, 0.25) is 0 Å². The van der Waals surface area contributed by atoms with Crippen LogP contribution in [0.25, 0.3) is 0 Å². The predicted octanol–water partition coefficient (Wildman–Crippen LogP) is 3.07. The van der Waals surface area contributed by atoms with Crippen LogP contribution in [-0.2, 0) is 13.5 Å². The molecule has 0 radical (unpaired) electrons. The maximum atomic E-state index is 4.40. The molecule has 1 aromatic heterocycles. The fraction of sp³-hybridized carbons (Fsp3) is 0.800. The van der Waals surface area contributed by atoms with Gasteiger partial charge in [0.25, 0.3) is 0 Å². The highest BCUT2D eigenvalue weighted by Gasteiger charge is 2.27. The molecule has 0 amide bonds. The molecule has 1 aliphatic rings. The highest BCUT2D eigenvalue weighted by atomic mass is 15.3. The standard InChI is InChI=1S/C15H27N3/c1-11(2)15(3,4)10-16-13-7-6-8-14-12(13)9-17-18(14)5/h9,11,13,16H,6-8,10H2,1-5H3. The van der Waals surface area contributed by atoms with Gasteiger partial charge in [-0.2, -0.15) is 5.10 Å². The molecule has 1 aliphatic carbocycles. The van der Waals surface area contributed by atoms with Gasteiger partial charge < -0.3 is 5.32 Å². The Hall–Kier alpha value is -0.830. The topological polar surface area (TPSA) is 29.9 Å². The summed E-state index contributed by atoms with van der Waals surface area (Å²) in [6, 6.07) is 0.500. The minimum Gasteiger partial charge on any atom is -0.309 e. The molecule has 1 aromatic rings. The van der Waals surface area contributed by atoms with Crippen molar-refractivity contribution in [3.63, 3.8) is 0 Å².